The second kappa shape index (κ2) is 4.88. The van der Waals surface area contributed by atoms with Crippen LogP contribution in [0.15, 0.2) is 28.7 Å². The molecule has 0 N–H and O–H groups in total. The number of benzene rings is 2. The Balaban J connectivity index is 2.50. The number of hydrogen-bond donors (Lipinski definition) is 0. The largest absolute Gasteiger partial charge is 0.494 e. The van der Waals surface area contributed by atoms with E-state index in [1.807, 2.05) is 50.2 Å². The van der Waals surface area contributed by atoms with Gasteiger partial charge in [0, 0.05) is 40.8 Å². The molecule has 1 aliphatic carbocycles. The molecule has 2 aromatic rings. The molecule has 0 amide bonds. The fourth-order valence-electron chi connectivity index (χ4n) is 2.99. The van der Waals surface area contributed by atoms with Crippen molar-refractivity contribution in [3.63, 3.8) is 0 Å². The minimum absolute atomic E-state index is 0.0707. The van der Waals surface area contributed by atoms with Crippen molar-refractivity contribution in [2.45, 2.75) is 6.92 Å². The van der Waals surface area contributed by atoms with E-state index in [2.05, 4.69) is 15.9 Å². The van der Waals surface area contributed by atoms with E-state index in [0.29, 0.717) is 0 Å². The molecule has 0 saturated carbocycles. The maximum atomic E-state index is 12.7. The van der Waals surface area contributed by atoms with Gasteiger partial charge in [-0.05, 0) is 28.4 Å². The van der Waals surface area contributed by atoms with E-state index >= 15 is 0 Å². The topological polar surface area (TPSA) is 29.5 Å². The molecule has 0 aliphatic heterocycles. The molecule has 0 atom stereocenters. The Bertz CT molecular complexity index is 766. The van der Waals surface area contributed by atoms with Crippen LogP contribution in [0.4, 0.5) is 5.69 Å². The van der Waals surface area contributed by atoms with Gasteiger partial charge in [0.05, 0.1) is 12.8 Å². The number of carbonyl (C=O) groups is 1. The molecule has 0 bridgehead atoms. The Morgan fingerprint density at radius 1 is 1.10 bits per heavy atom. The first-order valence-electron chi connectivity index (χ1n) is 6.70. The van der Waals surface area contributed by atoms with Crippen molar-refractivity contribution in [2.75, 3.05) is 26.1 Å². The SMILES string of the molecule is COc1c(C)c(Br)c2c(c1N(C)C)-c1ccccc1C2=O. The Morgan fingerprint density at radius 2 is 1.71 bits per heavy atom. The van der Waals surface area contributed by atoms with Crippen LogP contribution in [0, 0.1) is 6.92 Å². The smallest absolute Gasteiger partial charge is 0.195 e. The molecule has 3 rings (SSSR count). The van der Waals surface area contributed by atoms with E-state index in [1.165, 1.54) is 0 Å². The van der Waals surface area contributed by atoms with Crippen molar-refractivity contribution >= 4 is 27.4 Å². The number of halogens is 1. The van der Waals surface area contributed by atoms with E-state index in [1.54, 1.807) is 7.11 Å². The second-order valence-electron chi connectivity index (χ2n) is 5.34. The van der Waals surface area contributed by atoms with Crippen molar-refractivity contribution in [3.8, 4) is 16.9 Å². The van der Waals surface area contributed by atoms with Gasteiger partial charge >= 0.3 is 0 Å². The van der Waals surface area contributed by atoms with Crippen LogP contribution in [0.3, 0.4) is 0 Å². The van der Waals surface area contributed by atoms with Crippen LogP contribution in [0.25, 0.3) is 11.1 Å². The van der Waals surface area contributed by atoms with E-state index < -0.39 is 0 Å². The number of nitrogens with zero attached hydrogens (tertiary/aromatic N) is 1. The fraction of sp³-hybridized carbons (Fsp3) is 0.235. The van der Waals surface area contributed by atoms with Crippen LogP contribution in [0.2, 0.25) is 0 Å². The van der Waals surface area contributed by atoms with Crippen LogP contribution in [-0.2, 0) is 0 Å². The minimum Gasteiger partial charge on any atom is -0.494 e. The number of methoxy groups -OCH3 is 1. The van der Waals surface area contributed by atoms with Gasteiger partial charge in [-0.2, -0.15) is 0 Å². The maximum Gasteiger partial charge on any atom is 0.195 e. The second-order valence-corrected chi connectivity index (χ2v) is 6.13. The average Bonchev–Trinajstić information content (AvgIpc) is 2.76. The van der Waals surface area contributed by atoms with E-state index in [0.717, 1.165) is 43.7 Å². The Kier molecular flexibility index (Phi) is 3.29. The Labute approximate surface area is 132 Å². The minimum atomic E-state index is 0.0707. The highest BCUT2D eigenvalue weighted by atomic mass is 79.9. The van der Waals surface area contributed by atoms with Gasteiger partial charge in [-0.1, -0.05) is 24.3 Å². The van der Waals surface area contributed by atoms with Crippen molar-refractivity contribution in [1.82, 2.24) is 0 Å². The molecule has 4 heteroatoms. The standard InChI is InChI=1S/C17H16BrNO2/c1-9-14(18)13-12(15(19(2)3)17(9)21-4)10-7-5-6-8-11(10)16(13)20/h5-8H,1-4H3. The summed E-state index contributed by atoms with van der Waals surface area (Å²) >= 11 is 3.59. The van der Waals surface area contributed by atoms with Crippen molar-refractivity contribution < 1.29 is 9.53 Å². The number of ketones is 1. The molecule has 0 unspecified atom stereocenters. The molecule has 3 nitrogen and oxygen atoms in total. The third kappa shape index (κ3) is 1.82. The molecule has 2 aromatic carbocycles. The molecule has 21 heavy (non-hydrogen) atoms. The van der Waals surface area contributed by atoms with Gasteiger partial charge in [0.25, 0.3) is 0 Å². The summed E-state index contributed by atoms with van der Waals surface area (Å²) in [5, 5.41) is 0. The molecular formula is C17H16BrNO2. The highest BCUT2D eigenvalue weighted by Crippen LogP contribution is 2.51. The van der Waals surface area contributed by atoms with Gasteiger partial charge in [-0.25, -0.2) is 0 Å². The zero-order valence-corrected chi connectivity index (χ0v) is 14.0. The van der Waals surface area contributed by atoms with Gasteiger partial charge in [0.15, 0.2) is 5.78 Å². The van der Waals surface area contributed by atoms with Crippen LogP contribution >= 0.6 is 15.9 Å². The number of rotatable bonds is 2. The number of fused-ring (bicyclic) bond motifs is 3. The third-order valence-electron chi connectivity index (χ3n) is 3.91. The molecule has 0 aromatic heterocycles. The lowest BCUT2D eigenvalue weighted by molar-refractivity contribution is 0.104. The van der Waals surface area contributed by atoms with Gasteiger partial charge in [0.1, 0.15) is 5.75 Å². The first-order chi connectivity index (χ1) is 9.99. The van der Waals surface area contributed by atoms with Crippen molar-refractivity contribution in [3.05, 3.63) is 45.4 Å². The zero-order chi connectivity index (χ0) is 15.3. The summed E-state index contributed by atoms with van der Waals surface area (Å²) in [6, 6.07) is 7.73. The molecular weight excluding hydrogens is 330 g/mol. The summed E-state index contributed by atoms with van der Waals surface area (Å²) < 4.78 is 6.43. The first-order valence-corrected chi connectivity index (χ1v) is 7.49. The molecule has 0 fully saturated rings. The lowest BCUT2D eigenvalue weighted by Gasteiger charge is -2.23. The summed E-state index contributed by atoms with van der Waals surface area (Å²) in [4.78, 5) is 14.8. The Morgan fingerprint density at radius 3 is 2.29 bits per heavy atom. The summed E-state index contributed by atoms with van der Waals surface area (Å²) in [6.07, 6.45) is 0. The molecule has 108 valence electrons. The van der Waals surface area contributed by atoms with Gasteiger partial charge in [0.2, 0.25) is 0 Å². The zero-order valence-electron chi connectivity index (χ0n) is 12.5. The predicted octanol–water partition coefficient (Wildman–Crippen LogP) is 4.04. The molecule has 0 radical (unpaired) electrons. The van der Waals surface area contributed by atoms with Gasteiger partial charge in [-0.15, -0.1) is 0 Å². The van der Waals surface area contributed by atoms with E-state index in [4.69, 9.17) is 4.74 Å². The third-order valence-corrected chi connectivity index (χ3v) is 4.90. The molecule has 0 spiro atoms. The Hall–Kier alpha value is -1.81. The van der Waals surface area contributed by atoms with Crippen molar-refractivity contribution in [2.24, 2.45) is 0 Å². The maximum absolute atomic E-state index is 12.7. The normalized spacial score (nSPS) is 12.1. The average molecular weight is 346 g/mol. The van der Waals surface area contributed by atoms with Crippen LogP contribution in [0.5, 0.6) is 5.75 Å². The highest BCUT2D eigenvalue weighted by molar-refractivity contribution is 9.10. The highest BCUT2D eigenvalue weighted by Gasteiger charge is 2.34. The lowest BCUT2D eigenvalue weighted by Crippen LogP contribution is -2.13. The van der Waals surface area contributed by atoms with Gasteiger partial charge in [-0.3, -0.25) is 4.79 Å². The summed E-state index contributed by atoms with van der Waals surface area (Å²) in [7, 11) is 5.60. The monoisotopic (exact) mass is 345 g/mol. The number of ether oxygens (including phenoxy) is 1. The predicted molar refractivity (Wildman–Crippen MR) is 88.6 cm³/mol. The van der Waals surface area contributed by atoms with Crippen molar-refractivity contribution in [1.29, 1.82) is 0 Å². The lowest BCUT2D eigenvalue weighted by atomic mass is 9.99. The number of carbonyl (C=O) groups excluding carboxylic acids is 1. The molecule has 0 saturated heterocycles. The van der Waals surface area contributed by atoms with Crippen LogP contribution in [-0.4, -0.2) is 27.0 Å². The summed E-state index contributed by atoms with van der Waals surface area (Å²) in [6.45, 7) is 1.96. The summed E-state index contributed by atoms with van der Waals surface area (Å²) in [5.41, 5.74) is 5.31. The van der Waals surface area contributed by atoms with E-state index in [-0.39, 0.29) is 5.78 Å². The fourth-order valence-corrected chi connectivity index (χ4v) is 3.55. The molecule has 0 heterocycles. The quantitative estimate of drug-likeness (QED) is 0.701. The number of anilines is 1. The number of hydrogen-bond acceptors (Lipinski definition) is 3. The van der Waals surface area contributed by atoms with E-state index in [9.17, 15) is 4.79 Å². The molecule has 1 aliphatic rings. The van der Waals surface area contributed by atoms with Crippen LogP contribution < -0.4 is 9.64 Å². The first kappa shape index (κ1) is 14.1. The van der Waals surface area contributed by atoms with Gasteiger partial charge < -0.3 is 9.64 Å². The van der Waals surface area contributed by atoms with Crippen LogP contribution in [0.1, 0.15) is 21.5 Å². The summed E-state index contributed by atoms with van der Waals surface area (Å²) in [5.74, 6) is 0.872.